The van der Waals surface area contributed by atoms with Crippen LogP contribution in [0.5, 0.6) is 0 Å². The van der Waals surface area contributed by atoms with Gasteiger partial charge in [-0.3, -0.25) is 4.79 Å². The van der Waals surface area contributed by atoms with Crippen molar-refractivity contribution in [2.24, 2.45) is 0 Å². The normalized spacial score (nSPS) is 11.0. The Hall–Kier alpha value is -1.04. The molecule has 6 heteroatoms. The zero-order chi connectivity index (χ0) is 9.78. The molecule has 70 valence electrons. The number of hydrogen-bond acceptors (Lipinski definition) is 2. The van der Waals surface area contributed by atoms with E-state index in [1.54, 1.807) is 0 Å². The van der Waals surface area contributed by atoms with Gasteiger partial charge in [-0.1, -0.05) is 6.58 Å². The van der Waals surface area contributed by atoms with Crippen LogP contribution in [0.4, 0.5) is 13.2 Å². The minimum absolute atomic E-state index is 0.0815. The molecule has 0 aromatic rings. The highest BCUT2D eigenvalue weighted by atomic mass is 19.4. The van der Waals surface area contributed by atoms with Crippen molar-refractivity contribution in [3.05, 3.63) is 12.3 Å². The fraction of sp³-hybridized carbons (Fsp3) is 0.500. The van der Waals surface area contributed by atoms with E-state index < -0.39 is 12.1 Å². The second-order valence-corrected chi connectivity index (χ2v) is 2.03. The van der Waals surface area contributed by atoms with Gasteiger partial charge in [-0.15, -0.1) is 0 Å². The first-order chi connectivity index (χ1) is 5.38. The third kappa shape index (κ3) is 3.97. The van der Waals surface area contributed by atoms with Gasteiger partial charge < -0.3 is 10.4 Å². The number of hydrogen-bond donors (Lipinski definition) is 2. The van der Waals surface area contributed by atoms with Crippen molar-refractivity contribution in [3.8, 4) is 0 Å². The van der Waals surface area contributed by atoms with E-state index in [2.05, 4.69) is 6.58 Å². The summed E-state index contributed by atoms with van der Waals surface area (Å²) in [5.41, 5.74) is -0.153. The molecular formula is C6H8F3NO2. The summed E-state index contributed by atoms with van der Waals surface area (Å²) in [6, 6.07) is 0. The number of halogens is 3. The van der Waals surface area contributed by atoms with Gasteiger partial charge in [0, 0.05) is 18.7 Å². The topological polar surface area (TPSA) is 49.3 Å². The van der Waals surface area contributed by atoms with Crippen LogP contribution in [0.3, 0.4) is 0 Å². The molecule has 0 aliphatic rings. The number of carbonyl (C=O) groups is 1. The maximum absolute atomic E-state index is 11.5. The molecule has 0 spiro atoms. The Morgan fingerprint density at radius 2 is 2.00 bits per heavy atom. The van der Waals surface area contributed by atoms with Crippen LogP contribution in [0, 0.1) is 0 Å². The van der Waals surface area contributed by atoms with E-state index >= 15 is 0 Å². The molecule has 0 saturated heterocycles. The van der Waals surface area contributed by atoms with E-state index in [0.29, 0.717) is 0 Å². The van der Waals surface area contributed by atoms with E-state index in [0.717, 1.165) is 0 Å². The number of aliphatic hydroxyl groups excluding tert-OH is 1. The highest BCUT2D eigenvalue weighted by molar-refractivity contribution is 5.83. The van der Waals surface area contributed by atoms with Gasteiger partial charge in [-0.25, -0.2) is 0 Å². The monoisotopic (exact) mass is 183 g/mol. The predicted molar refractivity (Wildman–Crippen MR) is 35.0 cm³/mol. The Labute approximate surface area is 66.9 Å². The Morgan fingerprint density at radius 1 is 1.50 bits per heavy atom. The van der Waals surface area contributed by atoms with Crippen molar-refractivity contribution >= 4 is 5.91 Å². The summed E-state index contributed by atoms with van der Waals surface area (Å²) >= 11 is 0. The highest BCUT2D eigenvalue weighted by Gasteiger charge is 2.38. The SMILES string of the molecule is C=C(CCO)NC(=O)C(F)(F)F. The standard InChI is InChI=1S/C6H8F3NO2/c1-4(2-3-11)10-5(12)6(7,8)9/h11H,1-3H2,(H,10,12). The van der Waals surface area contributed by atoms with Crippen molar-refractivity contribution in [2.75, 3.05) is 6.61 Å². The van der Waals surface area contributed by atoms with Gasteiger partial charge in [0.05, 0.1) is 0 Å². The molecule has 0 aromatic carbocycles. The number of alkyl halides is 3. The molecule has 2 N–H and O–H groups in total. The van der Waals surface area contributed by atoms with Gasteiger partial charge in [-0.2, -0.15) is 13.2 Å². The van der Waals surface area contributed by atoms with Gasteiger partial charge in [-0.05, 0) is 0 Å². The number of carbonyl (C=O) groups excluding carboxylic acids is 1. The molecule has 0 saturated carbocycles. The molecule has 0 aromatic heterocycles. The molecule has 0 fully saturated rings. The zero-order valence-electron chi connectivity index (χ0n) is 6.11. The third-order valence-corrected chi connectivity index (χ3v) is 0.961. The Balaban J connectivity index is 3.94. The van der Waals surface area contributed by atoms with Gasteiger partial charge in [0.2, 0.25) is 0 Å². The third-order valence-electron chi connectivity index (χ3n) is 0.961. The van der Waals surface area contributed by atoms with Gasteiger partial charge >= 0.3 is 12.1 Å². The molecule has 0 rings (SSSR count). The molecule has 0 bridgehead atoms. The maximum atomic E-state index is 11.5. The molecule has 0 radical (unpaired) electrons. The lowest BCUT2D eigenvalue weighted by Gasteiger charge is -2.08. The van der Waals surface area contributed by atoms with E-state index in [9.17, 15) is 18.0 Å². The molecule has 0 aliphatic carbocycles. The van der Waals surface area contributed by atoms with Crippen LogP contribution in [0.15, 0.2) is 12.3 Å². The smallest absolute Gasteiger partial charge is 0.396 e. The molecule has 0 unspecified atom stereocenters. The van der Waals surface area contributed by atoms with Gasteiger partial charge in [0.25, 0.3) is 0 Å². The van der Waals surface area contributed by atoms with Crippen molar-refractivity contribution in [3.63, 3.8) is 0 Å². The summed E-state index contributed by atoms with van der Waals surface area (Å²) in [7, 11) is 0. The fourth-order valence-corrected chi connectivity index (χ4v) is 0.429. The second kappa shape index (κ2) is 4.10. The minimum atomic E-state index is -4.90. The van der Waals surface area contributed by atoms with Crippen molar-refractivity contribution in [2.45, 2.75) is 12.6 Å². The van der Waals surface area contributed by atoms with Crippen molar-refractivity contribution in [1.29, 1.82) is 0 Å². The van der Waals surface area contributed by atoms with Crippen molar-refractivity contribution in [1.82, 2.24) is 5.32 Å². The zero-order valence-corrected chi connectivity index (χ0v) is 6.11. The van der Waals surface area contributed by atoms with Crippen LogP contribution < -0.4 is 5.32 Å². The Bertz CT molecular complexity index is 188. The molecule has 0 heterocycles. The van der Waals surface area contributed by atoms with E-state index in [-0.39, 0.29) is 18.7 Å². The summed E-state index contributed by atoms with van der Waals surface area (Å²) in [6.07, 6.45) is -4.99. The molecular weight excluding hydrogens is 175 g/mol. The minimum Gasteiger partial charge on any atom is -0.396 e. The predicted octanol–water partition coefficient (Wildman–Crippen LogP) is 0.561. The molecule has 1 amide bonds. The lowest BCUT2D eigenvalue weighted by molar-refractivity contribution is -0.172. The first-order valence-electron chi connectivity index (χ1n) is 3.04. The summed E-state index contributed by atoms with van der Waals surface area (Å²) in [6.45, 7) is 2.76. The maximum Gasteiger partial charge on any atom is 0.471 e. The van der Waals surface area contributed by atoms with Crippen LogP contribution in [0.25, 0.3) is 0 Å². The second-order valence-electron chi connectivity index (χ2n) is 2.03. The lowest BCUT2D eigenvalue weighted by Crippen LogP contribution is -2.36. The number of nitrogens with one attached hydrogen (secondary N) is 1. The lowest BCUT2D eigenvalue weighted by atomic mass is 10.3. The van der Waals surface area contributed by atoms with Crippen LogP contribution in [-0.2, 0) is 4.79 Å². The van der Waals surface area contributed by atoms with Gasteiger partial charge in [0.1, 0.15) is 0 Å². The largest absolute Gasteiger partial charge is 0.471 e. The van der Waals surface area contributed by atoms with E-state index in [1.165, 1.54) is 5.32 Å². The van der Waals surface area contributed by atoms with E-state index in [1.807, 2.05) is 0 Å². The van der Waals surface area contributed by atoms with Crippen molar-refractivity contribution < 1.29 is 23.1 Å². The number of rotatable bonds is 3. The number of aliphatic hydroxyl groups is 1. The Kier molecular flexibility index (Phi) is 3.75. The molecule has 0 atom stereocenters. The van der Waals surface area contributed by atoms with Crippen LogP contribution in [0.2, 0.25) is 0 Å². The average Bonchev–Trinajstić information content (AvgIpc) is 1.85. The summed E-state index contributed by atoms with van der Waals surface area (Å²) in [5.74, 6) is -2.07. The average molecular weight is 183 g/mol. The summed E-state index contributed by atoms with van der Waals surface area (Å²) < 4.78 is 34.6. The summed E-state index contributed by atoms with van der Waals surface area (Å²) in [5, 5.41) is 9.76. The molecule has 3 nitrogen and oxygen atoms in total. The molecule has 12 heavy (non-hydrogen) atoms. The highest BCUT2D eigenvalue weighted by Crippen LogP contribution is 2.14. The van der Waals surface area contributed by atoms with E-state index in [4.69, 9.17) is 5.11 Å². The van der Waals surface area contributed by atoms with Crippen LogP contribution in [0.1, 0.15) is 6.42 Å². The molecule has 0 aliphatic heterocycles. The van der Waals surface area contributed by atoms with Crippen LogP contribution >= 0.6 is 0 Å². The first kappa shape index (κ1) is 11.0. The van der Waals surface area contributed by atoms with Gasteiger partial charge in [0.15, 0.2) is 0 Å². The Morgan fingerprint density at radius 3 is 2.33 bits per heavy atom. The number of amides is 1. The summed E-state index contributed by atoms with van der Waals surface area (Å²) in [4.78, 5) is 10.2. The quantitative estimate of drug-likeness (QED) is 0.671. The van der Waals surface area contributed by atoms with Crippen LogP contribution in [-0.4, -0.2) is 23.8 Å². The first-order valence-corrected chi connectivity index (χ1v) is 3.04. The fourth-order valence-electron chi connectivity index (χ4n) is 0.429.